The number of aromatic amines is 1. The van der Waals surface area contributed by atoms with Gasteiger partial charge < -0.3 is 15.0 Å². The van der Waals surface area contributed by atoms with E-state index in [4.69, 9.17) is 4.74 Å². The van der Waals surface area contributed by atoms with Crippen LogP contribution in [0, 0.1) is 6.92 Å². The molecule has 0 amide bonds. The molecular formula is C19H26N2O2. The molecule has 0 atom stereocenters. The molecule has 124 valence electrons. The van der Waals surface area contributed by atoms with Crippen molar-refractivity contribution in [3.63, 3.8) is 0 Å². The first kappa shape index (κ1) is 16.1. The summed E-state index contributed by atoms with van der Waals surface area (Å²) < 4.78 is 6.25. The SMILES string of the molecule is Cc1cc2c(=O)[nH]ccc2cc1O[C@H]1CC[C@@H](NC(C)C)CC1. The third-order valence-electron chi connectivity index (χ3n) is 4.61. The molecule has 0 unspecified atom stereocenters. The van der Waals surface area contributed by atoms with Crippen LogP contribution in [0.1, 0.15) is 45.1 Å². The van der Waals surface area contributed by atoms with Crippen LogP contribution in [0.4, 0.5) is 0 Å². The van der Waals surface area contributed by atoms with Gasteiger partial charge in [-0.1, -0.05) is 13.8 Å². The number of aromatic nitrogens is 1. The van der Waals surface area contributed by atoms with Gasteiger partial charge in [-0.2, -0.15) is 0 Å². The van der Waals surface area contributed by atoms with Crippen LogP contribution in [0.5, 0.6) is 5.75 Å². The van der Waals surface area contributed by atoms with Crippen LogP contribution in [-0.4, -0.2) is 23.2 Å². The molecule has 0 saturated heterocycles. The Hall–Kier alpha value is -1.81. The molecule has 2 aromatic rings. The van der Waals surface area contributed by atoms with Crippen LogP contribution in [0.2, 0.25) is 0 Å². The lowest BCUT2D eigenvalue weighted by molar-refractivity contribution is 0.137. The molecule has 1 aromatic carbocycles. The smallest absolute Gasteiger partial charge is 0.255 e. The summed E-state index contributed by atoms with van der Waals surface area (Å²) in [5, 5.41) is 5.27. The summed E-state index contributed by atoms with van der Waals surface area (Å²) in [5.41, 5.74) is 0.981. The Morgan fingerprint density at radius 2 is 1.96 bits per heavy atom. The highest BCUT2D eigenvalue weighted by molar-refractivity contribution is 5.83. The van der Waals surface area contributed by atoms with Crippen LogP contribution in [0.25, 0.3) is 10.8 Å². The van der Waals surface area contributed by atoms with E-state index in [9.17, 15) is 4.79 Å². The van der Waals surface area contributed by atoms with Gasteiger partial charge in [0.15, 0.2) is 0 Å². The van der Waals surface area contributed by atoms with Crippen LogP contribution in [-0.2, 0) is 0 Å². The van der Waals surface area contributed by atoms with Gasteiger partial charge in [0, 0.05) is 23.7 Å². The summed E-state index contributed by atoms with van der Waals surface area (Å²) >= 11 is 0. The lowest BCUT2D eigenvalue weighted by Crippen LogP contribution is -2.39. The fraction of sp³-hybridized carbons (Fsp3) is 0.526. The summed E-state index contributed by atoms with van der Waals surface area (Å²) in [6, 6.07) is 7.00. The predicted octanol–water partition coefficient (Wildman–Crippen LogP) is 3.52. The number of nitrogens with one attached hydrogen (secondary N) is 2. The van der Waals surface area contributed by atoms with Crippen molar-refractivity contribution in [2.75, 3.05) is 0 Å². The van der Waals surface area contributed by atoms with E-state index in [1.165, 1.54) is 0 Å². The molecule has 4 nitrogen and oxygen atoms in total. The Balaban J connectivity index is 1.70. The molecule has 1 aliphatic carbocycles. The molecule has 4 heteroatoms. The van der Waals surface area contributed by atoms with E-state index >= 15 is 0 Å². The Bertz CT molecular complexity index is 728. The lowest BCUT2D eigenvalue weighted by Gasteiger charge is -2.31. The maximum atomic E-state index is 11.9. The molecular weight excluding hydrogens is 288 g/mol. The second kappa shape index (κ2) is 6.75. The Morgan fingerprint density at radius 1 is 1.22 bits per heavy atom. The number of rotatable bonds is 4. The largest absolute Gasteiger partial charge is 0.490 e. The summed E-state index contributed by atoms with van der Waals surface area (Å²) in [5.74, 6) is 0.906. The molecule has 1 heterocycles. The standard InChI is InChI=1S/C19H26N2O2/c1-12(2)21-15-4-6-16(7-5-15)23-18-11-14-8-9-20-19(22)17(14)10-13(18)3/h8-12,15-16,21H,4-7H2,1-3H3,(H,20,22)/t15-,16+. The quantitative estimate of drug-likeness (QED) is 0.908. The average molecular weight is 314 g/mol. The highest BCUT2D eigenvalue weighted by Gasteiger charge is 2.23. The average Bonchev–Trinajstić information content (AvgIpc) is 2.50. The zero-order valence-electron chi connectivity index (χ0n) is 14.2. The number of hydrogen-bond acceptors (Lipinski definition) is 3. The molecule has 0 bridgehead atoms. The second-order valence-corrected chi connectivity index (χ2v) is 6.92. The maximum Gasteiger partial charge on any atom is 0.255 e. The van der Waals surface area contributed by atoms with E-state index in [-0.39, 0.29) is 11.7 Å². The van der Waals surface area contributed by atoms with Crippen molar-refractivity contribution >= 4 is 10.8 Å². The predicted molar refractivity (Wildman–Crippen MR) is 94.2 cm³/mol. The van der Waals surface area contributed by atoms with Crippen LogP contribution < -0.4 is 15.6 Å². The molecule has 1 aliphatic rings. The minimum atomic E-state index is -0.0441. The molecule has 2 N–H and O–H groups in total. The summed E-state index contributed by atoms with van der Waals surface area (Å²) in [4.78, 5) is 14.6. The third-order valence-corrected chi connectivity index (χ3v) is 4.61. The highest BCUT2D eigenvalue weighted by Crippen LogP contribution is 2.28. The Morgan fingerprint density at radius 3 is 2.65 bits per heavy atom. The molecule has 1 fully saturated rings. The van der Waals surface area contributed by atoms with Crippen molar-refractivity contribution in [3.05, 3.63) is 40.3 Å². The number of aryl methyl sites for hydroxylation is 1. The van der Waals surface area contributed by atoms with Crippen LogP contribution in [0.15, 0.2) is 29.2 Å². The van der Waals surface area contributed by atoms with Crippen molar-refractivity contribution in [2.24, 2.45) is 0 Å². The minimum Gasteiger partial charge on any atom is -0.490 e. The van der Waals surface area contributed by atoms with E-state index in [0.29, 0.717) is 12.1 Å². The first-order valence-electron chi connectivity index (χ1n) is 8.57. The summed E-state index contributed by atoms with van der Waals surface area (Å²) in [6.45, 7) is 6.40. The number of H-pyrrole nitrogens is 1. The molecule has 1 aromatic heterocycles. The third kappa shape index (κ3) is 3.75. The molecule has 1 saturated carbocycles. The van der Waals surface area contributed by atoms with Gasteiger partial charge in [-0.05, 0) is 61.8 Å². The Kier molecular flexibility index (Phi) is 4.71. The van der Waals surface area contributed by atoms with Gasteiger partial charge in [0.25, 0.3) is 5.56 Å². The van der Waals surface area contributed by atoms with Gasteiger partial charge in [0.2, 0.25) is 0 Å². The number of pyridine rings is 1. The number of fused-ring (bicyclic) bond motifs is 1. The Labute approximate surface area is 137 Å². The molecule has 0 aliphatic heterocycles. The molecule has 0 radical (unpaired) electrons. The van der Waals surface area contributed by atoms with E-state index < -0.39 is 0 Å². The van der Waals surface area contributed by atoms with Gasteiger partial charge in [-0.25, -0.2) is 0 Å². The van der Waals surface area contributed by atoms with Crippen LogP contribution in [0.3, 0.4) is 0 Å². The highest BCUT2D eigenvalue weighted by atomic mass is 16.5. The van der Waals surface area contributed by atoms with E-state index in [1.54, 1.807) is 6.20 Å². The fourth-order valence-corrected chi connectivity index (χ4v) is 3.45. The zero-order valence-corrected chi connectivity index (χ0v) is 14.2. The second-order valence-electron chi connectivity index (χ2n) is 6.92. The van der Waals surface area contributed by atoms with Crippen molar-refractivity contribution in [2.45, 2.75) is 64.6 Å². The normalized spacial score (nSPS) is 21.7. The van der Waals surface area contributed by atoms with Gasteiger partial charge in [0.05, 0.1) is 6.10 Å². The van der Waals surface area contributed by atoms with Crippen LogP contribution >= 0.6 is 0 Å². The maximum absolute atomic E-state index is 11.9. The zero-order chi connectivity index (χ0) is 16.4. The molecule has 23 heavy (non-hydrogen) atoms. The van der Waals surface area contributed by atoms with Crippen molar-refractivity contribution < 1.29 is 4.74 Å². The van der Waals surface area contributed by atoms with Gasteiger partial charge in [0.1, 0.15) is 5.75 Å². The molecule has 0 spiro atoms. The topological polar surface area (TPSA) is 54.1 Å². The van der Waals surface area contributed by atoms with Gasteiger partial charge in [-0.3, -0.25) is 4.79 Å². The summed E-state index contributed by atoms with van der Waals surface area (Å²) in [6.07, 6.45) is 6.45. The number of benzene rings is 1. The fourth-order valence-electron chi connectivity index (χ4n) is 3.45. The summed E-state index contributed by atoms with van der Waals surface area (Å²) in [7, 11) is 0. The number of hydrogen-bond donors (Lipinski definition) is 2. The lowest BCUT2D eigenvalue weighted by atomic mass is 9.92. The van der Waals surface area contributed by atoms with Gasteiger partial charge in [-0.15, -0.1) is 0 Å². The number of ether oxygens (including phenoxy) is 1. The van der Waals surface area contributed by atoms with Crippen molar-refractivity contribution in [3.8, 4) is 5.75 Å². The van der Waals surface area contributed by atoms with Crippen molar-refractivity contribution in [1.29, 1.82) is 0 Å². The van der Waals surface area contributed by atoms with E-state index in [2.05, 4.69) is 24.1 Å². The van der Waals surface area contributed by atoms with E-state index in [0.717, 1.165) is 47.8 Å². The van der Waals surface area contributed by atoms with Gasteiger partial charge >= 0.3 is 0 Å². The monoisotopic (exact) mass is 314 g/mol. The first-order valence-corrected chi connectivity index (χ1v) is 8.57. The minimum absolute atomic E-state index is 0.0441. The first-order chi connectivity index (χ1) is 11.0. The molecule has 3 rings (SSSR count). The van der Waals surface area contributed by atoms with Crippen molar-refractivity contribution in [1.82, 2.24) is 10.3 Å². The van der Waals surface area contributed by atoms with E-state index in [1.807, 2.05) is 25.1 Å².